The highest BCUT2D eigenvalue weighted by Crippen LogP contribution is 2.32. The molecule has 5 nitrogen and oxygen atoms in total. The fraction of sp³-hybridized carbons (Fsp3) is 0.562. The minimum absolute atomic E-state index is 0.0789. The van der Waals surface area contributed by atoms with E-state index in [-0.39, 0.29) is 18.1 Å². The highest BCUT2D eigenvalue weighted by Gasteiger charge is 2.26. The van der Waals surface area contributed by atoms with Crippen LogP contribution in [0.25, 0.3) is 0 Å². The normalized spacial score (nSPS) is 11.1. The quantitative estimate of drug-likeness (QED) is 0.682. The molecule has 124 valence electrons. The molecule has 1 aromatic rings. The average Bonchev–Trinajstić information content (AvgIpc) is 2.52. The van der Waals surface area contributed by atoms with E-state index in [1.54, 1.807) is 18.2 Å². The van der Waals surface area contributed by atoms with E-state index in [0.29, 0.717) is 29.4 Å². The Morgan fingerprint density at radius 1 is 1.36 bits per heavy atom. The Morgan fingerprint density at radius 2 is 2.05 bits per heavy atom. The summed E-state index contributed by atoms with van der Waals surface area (Å²) in [4.78, 5) is 12.1. The molecule has 2 amide bonds. The molecule has 0 aliphatic carbocycles. The zero-order valence-corrected chi connectivity index (χ0v) is 14.2. The van der Waals surface area contributed by atoms with Gasteiger partial charge in [-0.05, 0) is 36.8 Å². The molecule has 0 saturated heterocycles. The molecule has 0 bridgehead atoms. The first-order valence-electron chi connectivity index (χ1n) is 7.50. The van der Waals surface area contributed by atoms with Crippen molar-refractivity contribution >= 4 is 23.3 Å². The molecule has 0 aromatic heterocycles. The topological polar surface area (TPSA) is 70.6 Å². The van der Waals surface area contributed by atoms with E-state index in [2.05, 4.69) is 24.5 Å². The molecule has 0 heterocycles. The maximum Gasteiger partial charge on any atom is 0.319 e. The standard InChI is InChI=1S/C16H25ClN2O3/c1-4-16(5-2,9-10-20)11-18-15(21)19-13-8-6-7-12(17)14(13)22-3/h6-8,20H,4-5,9-11H2,1-3H3,(H2,18,19,21). The lowest BCUT2D eigenvalue weighted by molar-refractivity contribution is 0.165. The summed E-state index contributed by atoms with van der Waals surface area (Å²) in [5.74, 6) is 0.437. The summed E-state index contributed by atoms with van der Waals surface area (Å²) in [7, 11) is 1.50. The number of aliphatic hydroxyl groups excluding tert-OH is 1. The van der Waals surface area contributed by atoms with Crippen LogP contribution in [0.5, 0.6) is 5.75 Å². The lowest BCUT2D eigenvalue weighted by atomic mass is 9.79. The van der Waals surface area contributed by atoms with E-state index < -0.39 is 0 Å². The van der Waals surface area contributed by atoms with Crippen molar-refractivity contribution in [1.29, 1.82) is 0 Å². The van der Waals surface area contributed by atoms with Crippen LogP contribution in [0.2, 0.25) is 5.02 Å². The molecule has 0 atom stereocenters. The van der Waals surface area contributed by atoms with Crippen LogP contribution in [-0.4, -0.2) is 31.4 Å². The molecule has 1 aromatic carbocycles. The third-order valence-electron chi connectivity index (χ3n) is 4.19. The highest BCUT2D eigenvalue weighted by atomic mass is 35.5. The number of hydrogen-bond acceptors (Lipinski definition) is 3. The minimum Gasteiger partial charge on any atom is -0.493 e. The first kappa shape index (κ1) is 18.6. The van der Waals surface area contributed by atoms with Gasteiger partial charge < -0.3 is 20.5 Å². The number of rotatable bonds is 8. The summed E-state index contributed by atoms with van der Waals surface area (Å²) in [5.41, 5.74) is 0.443. The van der Waals surface area contributed by atoms with Crippen molar-refractivity contribution in [2.75, 3.05) is 25.6 Å². The highest BCUT2D eigenvalue weighted by molar-refractivity contribution is 6.32. The predicted molar refractivity (Wildman–Crippen MR) is 89.7 cm³/mol. The number of carbonyl (C=O) groups is 1. The number of methoxy groups -OCH3 is 1. The second-order valence-electron chi connectivity index (χ2n) is 5.31. The van der Waals surface area contributed by atoms with Crippen LogP contribution in [0.1, 0.15) is 33.1 Å². The molecule has 0 aliphatic rings. The number of anilines is 1. The van der Waals surface area contributed by atoms with Gasteiger partial charge in [0.25, 0.3) is 0 Å². The second-order valence-corrected chi connectivity index (χ2v) is 5.72. The summed E-state index contributed by atoms with van der Waals surface area (Å²) in [6.07, 6.45) is 2.45. The number of hydrogen-bond donors (Lipinski definition) is 3. The van der Waals surface area contributed by atoms with Gasteiger partial charge in [0.1, 0.15) is 0 Å². The third-order valence-corrected chi connectivity index (χ3v) is 4.48. The van der Waals surface area contributed by atoms with Gasteiger partial charge in [0.15, 0.2) is 5.75 Å². The Morgan fingerprint density at radius 3 is 2.59 bits per heavy atom. The van der Waals surface area contributed by atoms with E-state index in [1.807, 2.05) is 0 Å². The molecular formula is C16H25ClN2O3. The molecule has 0 saturated carbocycles. The molecular weight excluding hydrogens is 304 g/mol. The third kappa shape index (κ3) is 4.78. The van der Waals surface area contributed by atoms with Crippen molar-refractivity contribution in [2.24, 2.45) is 5.41 Å². The number of nitrogens with one attached hydrogen (secondary N) is 2. The van der Waals surface area contributed by atoms with Crippen LogP contribution < -0.4 is 15.4 Å². The first-order chi connectivity index (χ1) is 10.5. The minimum atomic E-state index is -0.315. The number of carbonyl (C=O) groups excluding carboxylic acids is 1. The number of urea groups is 1. The number of benzene rings is 1. The fourth-order valence-electron chi connectivity index (χ4n) is 2.43. The Hall–Kier alpha value is -1.46. The molecule has 0 spiro atoms. The number of amides is 2. The Balaban J connectivity index is 2.69. The summed E-state index contributed by atoms with van der Waals surface area (Å²) < 4.78 is 5.20. The van der Waals surface area contributed by atoms with Crippen molar-refractivity contribution in [3.8, 4) is 5.75 Å². The lowest BCUT2D eigenvalue weighted by Gasteiger charge is -2.31. The maximum absolute atomic E-state index is 12.1. The van der Waals surface area contributed by atoms with Crippen LogP contribution in [0.3, 0.4) is 0 Å². The molecule has 6 heteroatoms. The predicted octanol–water partition coefficient (Wildman–Crippen LogP) is 3.66. The summed E-state index contributed by atoms with van der Waals surface area (Å²) in [6.45, 7) is 4.76. The molecule has 0 radical (unpaired) electrons. The van der Waals surface area contributed by atoms with Crippen LogP contribution >= 0.6 is 11.6 Å². The SMILES string of the molecule is CCC(CC)(CCO)CNC(=O)Nc1cccc(Cl)c1OC. The molecule has 0 unspecified atom stereocenters. The molecule has 0 fully saturated rings. The summed E-state index contributed by atoms with van der Waals surface area (Å²) >= 11 is 6.02. The Bertz CT molecular complexity index is 490. The number of para-hydroxylation sites is 1. The van der Waals surface area contributed by atoms with Crippen molar-refractivity contribution < 1.29 is 14.6 Å². The Labute approximate surface area is 137 Å². The van der Waals surface area contributed by atoms with Crippen molar-refractivity contribution in [2.45, 2.75) is 33.1 Å². The van der Waals surface area contributed by atoms with Crippen LogP contribution in [0.4, 0.5) is 10.5 Å². The number of aliphatic hydroxyl groups is 1. The van der Waals surface area contributed by atoms with E-state index >= 15 is 0 Å². The van der Waals surface area contributed by atoms with Gasteiger partial charge in [0, 0.05) is 13.2 Å². The van der Waals surface area contributed by atoms with Gasteiger partial charge in [-0.1, -0.05) is 31.5 Å². The molecule has 0 aliphatic heterocycles. The molecule has 1 rings (SSSR count). The van der Waals surface area contributed by atoms with Gasteiger partial charge in [-0.25, -0.2) is 4.79 Å². The van der Waals surface area contributed by atoms with Gasteiger partial charge in [-0.2, -0.15) is 0 Å². The van der Waals surface area contributed by atoms with E-state index in [4.69, 9.17) is 16.3 Å². The van der Waals surface area contributed by atoms with Gasteiger partial charge in [0.2, 0.25) is 0 Å². The van der Waals surface area contributed by atoms with Crippen LogP contribution in [0, 0.1) is 5.41 Å². The first-order valence-corrected chi connectivity index (χ1v) is 7.88. The fourth-order valence-corrected chi connectivity index (χ4v) is 2.68. The van der Waals surface area contributed by atoms with Crippen LogP contribution in [-0.2, 0) is 0 Å². The summed E-state index contributed by atoms with van der Waals surface area (Å²) in [6, 6.07) is 4.86. The van der Waals surface area contributed by atoms with Crippen molar-refractivity contribution in [3.63, 3.8) is 0 Å². The van der Waals surface area contributed by atoms with Crippen molar-refractivity contribution in [3.05, 3.63) is 23.2 Å². The monoisotopic (exact) mass is 328 g/mol. The van der Waals surface area contributed by atoms with E-state index in [9.17, 15) is 9.90 Å². The second kappa shape index (κ2) is 8.86. The average molecular weight is 329 g/mol. The van der Waals surface area contributed by atoms with Gasteiger partial charge in [-0.15, -0.1) is 0 Å². The summed E-state index contributed by atoms with van der Waals surface area (Å²) in [5, 5.41) is 15.3. The lowest BCUT2D eigenvalue weighted by Crippen LogP contribution is -2.39. The van der Waals surface area contributed by atoms with E-state index in [0.717, 1.165) is 12.8 Å². The smallest absolute Gasteiger partial charge is 0.319 e. The van der Waals surface area contributed by atoms with Gasteiger partial charge in [-0.3, -0.25) is 0 Å². The zero-order chi connectivity index (χ0) is 16.6. The Kier molecular flexibility index (Phi) is 7.48. The number of ether oxygens (including phenoxy) is 1. The number of halogens is 1. The zero-order valence-electron chi connectivity index (χ0n) is 13.4. The molecule has 22 heavy (non-hydrogen) atoms. The molecule has 3 N–H and O–H groups in total. The largest absolute Gasteiger partial charge is 0.493 e. The van der Waals surface area contributed by atoms with Gasteiger partial charge in [0.05, 0.1) is 17.8 Å². The van der Waals surface area contributed by atoms with E-state index in [1.165, 1.54) is 7.11 Å². The van der Waals surface area contributed by atoms with Crippen LogP contribution in [0.15, 0.2) is 18.2 Å². The maximum atomic E-state index is 12.1. The van der Waals surface area contributed by atoms with Gasteiger partial charge >= 0.3 is 6.03 Å². The van der Waals surface area contributed by atoms with Crippen molar-refractivity contribution in [1.82, 2.24) is 5.32 Å².